The smallest absolute Gasteiger partial charge is 0.127 e. The highest BCUT2D eigenvalue weighted by atomic mass is 16.5. The lowest BCUT2D eigenvalue weighted by Crippen LogP contribution is -2.10. The largest absolute Gasteiger partial charge is 0.496 e. The van der Waals surface area contributed by atoms with Crippen LogP contribution in [-0.2, 0) is 13.5 Å². The Labute approximate surface area is 174 Å². The van der Waals surface area contributed by atoms with E-state index in [1.165, 1.54) is 22.4 Å². The van der Waals surface area contributed by atoms with Gasteiger partial charge in [-0.15, -0.1) is 0 Å². The van der Waals surface area contributed by atoms with Crippen molar-refractivity contribution in [2.75, 3.05) is 19.1 Å². The van der Waals surface area contributed by atoms with Crippen molar-refractivity contribution in [3.05, 3.63) is 72.2 Å². The fraction of sp³-hybridized carbons (Fsp3) is 0.280. The number of methoxy groups -OCH3 is 2. The highest BCUT2D eigenvalue weighted by Gasteiger charge is 2.15. The van der Waals surface area contributed by atoms with Crippen molar-refractivity contribution >= 4 is 11.4 Å². The number of rotatable bonds is 7. The molecule has 4 heteroatoms. The van der Waals surface area contributed by atoms with Gasteiger partial charge in [0.05, 0.1) is 19.9 Å². The standard InChI is InChI=1S/C25H30N2O2/c1-8-21-13-20(16-26(21)5)19-10-11-23(17(3)12-19)27(9-2)22-14-24(28-6)18(4)25(15-22)29-7/h9-16H,2,8H2,1,3-7H3. The number of aryl methyl sites for hydroxylation is 3. The van der Waals surface area contributed by atoms with Crippen LogP contribution in [0.3, 0.4) is 0 Å². The molecule has 0 saturated carbocycles. The number of nitrogens with zero attached hydrogens (tertiary/aromatic N) is 2. The van der Waals surface area contributed by atoms with Crippen LogP contribution < -0.4 is 14.4 Å². The van der Waals surface area contributed by atoms with Crippen molar-refractivity contribution in [3.63, 3.8) is 0 Å². The van der Waals surface area contributed by atoms with Gasteiger partial charge in [0.1, 0.15) is 11.5 Å². The average Bonchev–Trinajstić information content (AvgIpc) is 3.11. The maximum Gasteiger partial charge on any atom is 0.127 e. The molecule has 1 aromatic heterocycles. The van der Waals surface area contributed by atoms with E-state index in [-0.39, 0.29) is 0 Å². The summed E-state index contributed by atoms with van der Waals surface area (Å²) in [5.41, 5.74) is 7.95. The van der Waals surface area contributed by atoms with Gasteiger partial charge in [-0.25, -0.2) is 0 Å². The molecule has 0 bridgehead atoms. The highest BCUT2D eigenvalue weighted by Crippen LogP contribution is 2.38. The van der Waals surface area contributed by atoms with E-state index < -0.39 is 0 Å². The first-order valence-electron chi connectivity index (χ1n) is 9.84. The fourth-order valence-electron chi connectivity index (χ4n) is 3.78. The molecule has 3 rings (SSSR count). The minimum absolute atomic E-state index is 0.789. The van der Waals surface area contributed by atoms with E-state index in [1.807, 2.05) is 25.3 Å². The van der Waals surface area contributed by atoms with Gasteiger partial charge in [0.15, 0.2) is 0 Å². The summed E-state index contributed by atoms with van der Waals surface area (Å²) in [4.78, 5) is 2.06. The molecule has 0 aliphatic rings. The molecular weight excluding hydrogens is 360 g/mol. The third-order valence-electron chi connectivity index (χ3n) is 5.46. The highest BCUT2D eigenvalue weighted by molar-refractivity contribution is 5.76. The lowest BCUT2D eigenvalue weighted by molar-refractivity contribution is 0.389. The predicted octanol–water partition coefficient (Wildman–Crippen LogP) is 6.17. The summed E-state index contributed by atoms with van der Waals surface area (Å²) in [5.74, 6) is 1.58. The van der Waals surface area contributed by atoms with Gasteiger partial charge in [-0.1, -0.05) is 19.6 Å². The number of hydrogen-bond acceptors (Lipinski definition) is 3. The zero-order valence-corrected chi connectivity index (χ0v) is 18.2. The second-order valence-electron chi connectivity index (χ2n) is 7.21. The van der Waals surface area contributed by atoms with Crippen molar-refractivity contribution < 1.29 is 9.47 Å². The molecule has 0 aliphatic heterocycles. The van der Waals surface area contributed by atoms with Crippen LogP contribution in [-0.4, -0.2) is 18.8 Å². The zero-order chi connectivity index (χ0) is 21.1. The summed E-state index contributed by atoms with van der Waals surface area (Å²) >= 11 is 0. The Morgan fingerprint density at radius 3 is 2.14 bits per heavy atom. The molecular formula is C25H30N2O2. The Bertz CT molecular complexity index is 1010. The number of ether oxygens (including phenoxy) is 2. The van der Waals surface area contributed by atoms with Gasteiger partial charge < -0.3 is 18.9 Å². The maximum absolute atomic E-state index is 5.55. The Morgan fingerprint density at radius 1 is 1.00 bits per heavy atom. The van der Waals surface area contributed by atoms with Crippen LogP contribution in [0.25, 0.3) is 11.1 Å². The molecule has 2 aromatic carbocycles. The maximum atomic E-state index is 5.55. The van der Waals surface area contributed by atoms with Gasteiger partial charge >= 0.3 is 0 Å². The van der Waals surface area contributed by atoms with Crippen LogP contribution in [0.5, 0.6) is 11.5 Å². The molecule has 152 valence electrons. The SMILES string of the molecule is C=CN(c1cc(OC)c(C)c(OC)c1)c1ccc(-c2cc(CC)n(C)c2)cc1C. The Morgan fingerprint density at radius 2 is 1.66 bits per heavy atom. The lowest BCUT2D eigenvalue weighted by Gasteiger charge is -2.24. The Balaban J connectivity index is 2.03. The van der Waals surface area contributed by atoms with Gasteiger partial charge in [-0.3, -0.25) is 0 Å². The molecule has 29 heavy (non-hydrogen) atoms. The minimum atomic E-state index is 0.789. The molecule has 0 aliphatic carbocycles. The van der Waals surface area contributed by atoms with Crippen LogP contribution in [0.2, 0.25) is 0 Å². The Hall–Kier alpha value is -3.14. The van der Waals surface area contributed by atoms with E-state index >= 15 is 0 Å². The molecule has 0 radical (unpaired) electrons. The summed E-state index contributed by atoms with van der Waals surface area (Å²) in [7, 11) is 5.45. The molecule has 0 fully saturated rings. The summed E-state index contributed by atoms with van der Waals surface area (Å²) in [6.07, 6.45) is 5.03. The molecule has 0 saturated heterocycles. The summed E-state index contributed by atoms with van der Waals surface area (Å²) < 4.78 is 13.3. The molecule has 0 N–H and O–H groups in total. The van der Waals surface area contributed by atoms with Crippen molar-refractivity contribution in [2.24, 2.45) is 7.05 Å². The first-order chi connectivity index (χ1) is 13.9. The van der Waals surface area contributed by atoms with Crippen molar-refractivity contribution in [3.8, 4) is 22.6 Å². The zero-order valence-electron chi connectivity index (χ0n) is 18.2. The fourth-order valence-corrected chi connectivity index (χ4v) is 3.78. The van der Waals surface area contributed by atoms with Gasteiger partial charge in [0, 0.05) is 48.5 Å². The molecule has 4 nitrogen and oxygen atoms in total. The summed E-state index contributed by atoms with van der Waals surface area (Å²) in [5, 5.41) is 0. The van der Waals surface area contributed by atoms with E-state index in [9.17, 15) is 0 Å². The van der Waals surface area contributed by atoms with Crippen LogP contribution >= 0.6 is 0 Å². The van der Waals surface area contributed by atoms with Crippen LogP contribution in [0, 0.1) is 13.8 Å². The monoisotopic (exact) mass is 390 g/mol. The Kier molecular flexibility index (Phi) is 6.02. The molecule has 0 unspecified atom stereocenters. The molecule has 0 amide bonds. The van der Waals surface area contributed by atoms with E-state index in [1.54, 1.807) is 14.2 Å². The number of hydrogen-bond donors (Lipinski definition) is 0. The third kappa shape index (κ3) is 3.88. The quantitative estimate of drug-likeness (QED) is 0.483. The predicted molar refractivity (Wildman–Crippen MR) is 122 cm³/mol. The number of benzene rings is 2. The van der Waals surface area contributed by atoms with Gasteiger partial charge in [0.25, 0.3) is 0 Å². The van der Waals surface area contributed by atoms with Crippen molar-refractivity contribution in [2.45, 2.75) is 27.2 Å². The first kappa shape index (κ1) is 20.6. The van der Waals surface area contributed by atoms with Crippen LogP contribution in [0.15, 0.2) is 55.4 Å². The second kappa shape index (κ2) is 8.48. The van der Waals surface area contributed by atoms with Crippen molar-refractivity contribution in [1.29, 1.82) is 0 Å². The molecule has 0 spiro atoms. The average molecular weight is 391 g/mol. The second-order valence-corrected chi connectivity index (χ2v) is 7.21. The van der Waals surface area contributed by atoms with Crippen LogP contribution in [0.4, 0.5) is 11.4 Å². The number of anilines is 2. The van der Waals surface area contributed by atoms with E-state index in [0.717, 1.165) is 34.9 Å². The molecule has 0 atom stereocenters. The van der Waals surface area contributed by atoms with E-state index in [2.05, 4.69) is 67.4 Å². The van der Waals surface area contributed by atoms with Gasteiger partial charge in [-0.2, -0.15) is 0 Å². The normalized spacial score (nSPS) is 10.7. The summed E-state index contributed by atoms with van der Waals surface area (Å²) in [6, 6.07) is 12.8. The minimum Gasteiger partial charge on any atom is -0.496 e. The van der Waals surface area contributed by atoms with Gasteiger partial charge in [-0.05, 0) is 55.2 Å². The third-order valence-corrected chi connectivity index (χ3v) is 5.46. The van der Waals surface area contributed by atoms with Gasteiger partial charge in [0.2, 0.25) is 0 Å². The first-order valence-corrected chi connectivity index (χ1v) is 9.84. The van der Waals surface area contributed by atoms with Crippen LogP contribution in [0.1, 0.15) is 23.7 Å². The molecule has 3 aromatic rings. The van der Waals surface area contributed by atoms with Crippen molar-refractivity contribution in [1.82, 2.24) is 4.57 Å². The van der Waals surface area contributed by atoms with E-state index in [0.29, 0.717) is 0 Å². The molecule has 1 heterocycles. The number of aromatic nitrogens is 1. The van der Waals surface area contributed by atoms with E-state index in [4.69, 9.17) is 9.47 Å². The summed E-state index contributed by atoms with van der Waals surface area (Å²) in [6.45, 7) is 10.3. The topological polar surface area (TPSA) is 26.6 Å². The lowest BCUT2D eigenvalue weighted by atomic mass is 10.0.